The Hall–Kier alpha value is -1.35. The molecule has 0 saturated heterocycles. The van der Waals surface area contributed by atoms with Crippen LogP contribution in [0.3, 0.4) is 0 Å². The van der Waals surface area contributed by atoms with Gasteiger partial charge >= 0.3 is 0 Å². The van der Waals surface area contributed by atoms with E-state index in [0.717, 1.165) is 12.0 Å². The normalized spacial score (nSPS) is 24.8. The molecular formula is C16H24N2O. The lowest BCUT2D eigenvalue weighted by Gasteiger charge is -2.30. The van der Waals surface area contributed by atoms with Crippen molar-refractivity contribution in [1.82, 2.24) is 5.32 Å². The summed E-state index contributed by atoms with van der Waals surface area (Å²) in [5.41, 5.74) is 8.10. The molecule has 3 unspecified atom stereocenters. The fourth-order valence-corrected chi connectivity index (χ4v) is 2.73. The van der Waals surface area contributed by atoms with Crippen LogP contribution >= 0.6 is 0 Å². The maximum Gasteiger partial charge on any atom is 0.241 e. The minimum Gasteiger partial charge on any atom is -0.351 e. The average molecular weight is 260 g/mol. The number of carbonyl (C=O) groups is 1. The van der Waals surface area contributed by atoms with Crippen molar-refractivity contribution in [2.45, 2.75) is 51.6 Å². The Morgan fingerprint density at radius 3 is 2.53 bits per heavy atom. The second-order valence-electron chi connectivity index (χ2n) is 5.77. The molecular weight excluding hydrogens is 236 g/mol. The SMILES string of the molecule is Cc1ccc(C(N)C(=O)NC2CCCCC2C)cc1. The highest BCUT2D eigenvalue weighted by molar-refractivity contribution is 5.83. The van der Waals surface area contributed by atoms with Crippen LogP contribution in [0.25, 0.3) is 0 Å². The van der Waals surface area contributed by atoms with Crippen LogP contribution in [-0.4, -0.2) is 11.9 Å². The first-order valence-corrected chi connectivity index (χ1v) is 7.20. The van der Waals surface area contributed by atoms with E-state index in [2.05, 4.69) is 12.2 Å². The van der Waals surface area contributed by atoms with Crippen LogP contribution in [-0.2, 0) is 4.79 Å². The summed E-state index contributed by atoms with van der Waals surface area (Å²) in [6.45, 7) is 4.24. The fraction of sp³-hybridized carbons (Fsp3) is 0.562. The number of aryl methyl sites for hydroxylation is 1. The molecule has 2 rings (SSSR count). The molecule has 1 amide bonds. The van der Waals surface area contributed by atoms with Crippen molar-refractivity contribution in [1.29, 1.82) is 0 Å². The third-order valence-corrected chi connectivity index (χ3v) is 4.16. The number of carbonyl (C=O) groups excluding carboxylic acids is 1. The van der Waals surface area contributed by atoms with Crippen molar-refractivity contribution in [3.63, 3.8) is 0 Å². The molecule has 1 fully saturated rings. The topological polar surface area (TPSA) is 55.1 Å². The van der Waals surface area contributed by atoms with Crippen LogP contribution in [0.5, 0.6) is 0 Å². The highest BCUT2D eigenvalue weighted by Gasteiger charge is 2.25. The Morgan fingerprint density at radius 1 is 1.26 bits per heavy atom. The molecule has 104 valence electrons. The largest absolute Gasteiger partial charge is 0.351 e. The summed E-state index contributed by atoms with van der Waals surface area (Å²) >= 11 is 0. The molecule has 3 N–H and O–H groups in total. The van der Waals surface area contributed by atoms with Gasteiger partial charge < -0.3 is 11.1 Å². The van der Waals surface area contributed by atoms with E-state index in [9.17, 15) is 4.79 Å². The maximum atomic E-state index is 12.2. The van der Waals surface area contributed by atoms with Gasteiger partial charge in [-0.05, 0) is 31.2 Å². The van der Waals surface area contributed by atoms with Gasteiger partial charge in [0.2, 0.25) is 5.91 Å². The Bertz CT molecular complexity index is 427. The standard InChI is InChI=1S/C16H24N2O/c1-11-7-9-13(10-8-11)15(17)16(19)18-14-6-4-3-5-12(14)2/h7-10,12,14-15H,3-6,17H2,1-2H3,(H,18,19). The minimum atomic E-state index is -0.560. The molecule has 1 saturated carbocycles. The molecule has 1 aliphatic rings. The predicted octanol–water partition coefficient (Wildman–Crippen LogP) is 2.69. The second-order valence-corrected chi connectivity index (χ2v) is 5.77. The summed E-state index contributed by atoms with van der Waals surface area (Å²) < 4.78 is 0. The van der Waals surface area contributed by atoms with Gasteiger partial charge in [0.15, 0.2) is 0 Å². The van der Waals surface area contributed by atoms with Gasteiger partial charge in [0.25, 0.3) is 0 Å². The van der Waals surface area contributed by atoms with Gasteiger partial charge in [0.1, 0.15) is 6.04 Å². The van der Waals surface area contributed by atoms with Gasteiger partial charge in [0, 0.05) is 6.04 Å². The fourth-order valence-electron chi connectivity index (χ4n) is 2.73. The summed E-state index contributed by atoms with van der Waals surface area (Å²) in [6, 6.07) is 7.58. The van der Waals surface area contributed by atoms with Gasteiger partial charge in [-0.25, -0.2) is 0 Å². The second kappa shape index (κ2) is 6.20. The minimum absolute atomic E-state index is 0.0531. The summed E-state index contributed by atoms with van der Waals surface area (Å²) in [7, 11) is 0. The Morgan fingerprint density at radius 2 is 1.89 bits per heavy atom. The van der Waals surface area contributed by atoms with Crippen molar-refractivity contribution in [2.24, 2.45) is 11.7 Å². The molecule has 1 aromatic rings. The van der Waals surface area contributed by atoms with Crippen molar-refractivity contribution in [2.75, 3.05) is 0 Å². The van der Waals surface area contributed by atoms with Crippen molar-refractivity contribution < 1.29 is 4.79 Å². The molecule has 1 aromatic carbocycles. The molecule has 0 heterocycles. The van der Waals surface area contributed by atoms with Crippen LogP contribution in [0.4, 0.5) is 0 Å². The van der Waals surface area contributed by atoms with Crippen LogP contribution in [0.2, 0.25) is 0 Å². The number of hydrogen-bond donors (Lipinski definition) is 2. The number of hydrogen-bond acceptors (Lipinski definition) is 2. The molecule has 0 aromatic heterocycles. The summed E-state index contributed by atoms with van der Waals surface area (Å²) in [5.74, 6) is 0.505. The smallest absolute Gasteiger partial charge is 0.241 e. The number of rotatable bonds is 3. The van der Waals surface area contributed by atoms with Crippen LogP contribution in [0.15, 0.2) is 24.3 Å². The summed E-state index contributed by atoms with van der Waals surface area (Å²) in [5, 5.41) is 3.12. The summed E-state index contributed by atoms with van der Waals surface area (Å²) in [6.07, 6.45) is 4.75. The monoisotopic (exact) mass is 260 g/mol. The first-order valence-electron chi connectivity index (χ1n) is 7.20. The lowest BCUT2D eigenvalue weighted by molar-refractivity contribution is -0.123. The van der Waals surface area contributed by atoms with Gasteiger partial charge in [-0.15, -0.1) is 0 Å². The Balaban J connectivity index is 1.97. The zero-order valence-electron chi connectivity index (χ0n) is 11.9. The number of benzene rings is 1. The zero-order valence-corrected chi connectivity index (χ0v) is 11.9. The van der Waals surface area contributed by atoms with Gasteiger partial charge in [0.05, 0.1) is 0 Å². The molecule has 19 heavy (non-hydrogen) atoms. The van der Waals surface area contributed by atoms with Crippen LogP contribution < -0.4 is 11.1 Å². The van der Waals surface area contributed by atoms with Gasteiger partial charge in [-0.3, -0.25) is 4.79 Å². The van der Waals surface area contributed by atoms with Gasteiger partial charge in [-0.1, -0.05) is 49.6 Å². The van der Waals surface area contributed by atoms with E-state index in [-0.39, 0.29) is 11.9 Å². The van der Waals surface area contributed by atoms with E-state index in [1.54, 1.807) is 0 Å². The maximum absolute atomic E-state index is 12.2. The number of nitrogens with two attached hydrogens (primary N) is 1. The molecule has 3 atom stereocenters. The highest BCUT2D eigenvalue weighted by Crippen LogP contribution is 2.24. The molecule has 3 heteroatoms. The molecule has 1 aliphatic carbocycles. The Kier molecular flexibility index (Phi) is 4.59. The Labute approximate surface area is 115 Å². The third kappa shape index (κ3) is 3.57. The van der Waals surface area contributed by atoms with E-state index in [0.29, 0.717) is 5.92 Å². The zero-order chi connectivity index (χ0) is 13.8. The quantitative estimate of drug-likeness (QED) is 0.878. The molecule has 0 bridgehead atoms. The molecule has 3 nitrogen and oxygen atoms in total. The predicted molar refractivity (Wildman–Crippen MR) is 77.7 cm³/mol. The van der Waals surface area contributed by atoms with E-state index < -0.39 is 6.04 Å². The van der Waals surface area contributed by atoms with Crippen molar-refractivity contribution in [3.8, 4) is 0 Å². The highest BCUT2D eigenvalue weighted by atomic mass is 16.2. The molecule has 0 radical (unpaired) electrons. The van der Waals surface area contributed by atoms with E-state index in [1.807, 2.05) is 31.2 Å². The van der Waals surface area contributed by atoms with E-state index in [4.69, 9.17) is 5.73 Å². The summed E-state index contributed by atoms with van der Waals surface area (Å²) in [4.78, 5) is 12.2. The van der Waals surface area contributed by atoms with E-state index >= 15 is 0 Å². The lowest BCUT2D eigenvalue weighted by atomic mass is 9.85. The molecule has 0 spiro atoms. The van der Waals surface area contributed by atoms with Crippen molar-refractivity contribution in [3.05, 3.63) is 35.4 Å². The van der Waals surface area contributed by atoms with E-state index in [1.165, 1.54) is 24.8 Å². The number of amides is 1. The van der Waals surface area contributed by atoms with Crippen LogP contribution in [0, 0.1) is 12.8 Å². The average Bonchev–Trinajstić information content (AvgIpc) is 2.41. The van der Waals surface area contributed by atoms with Crippen molar-refractivity contribution >= 4 is 5.91 Å². The third-order valence-electron chi connectivity index (χ3n) is 4.16. The molecule has 0 aliphatic heterocycles. The number of nitrogens with one attached hydrogen (secondary N) is 1. The first kappa shape index (κ1) is 14.1. The van der Waals surface area contributed by atoms with Gasteiger partial charge in [-0.2, -0.15) is 0 Å². The van der Waals surface area contributed by atoms with Crippen LogP contribution in [0.1, 0.15) is 49.8 Å². The first-order chi connectivity index (χ1) is 9.08. The lowest BCUT2D eigenvalue weighted by Crippen LogP contribution is -2.45.